The van der Waals surface area contributed by atoms with Gasteiger partial charge in [0.15, 0.2) is 5.96 Å². The van der Waals surface area contributed by atoms with Gasteiger partial charge in [-0.25, -0.2) is 0 Å². The summed E-state index contributed by atoms with van der Waals surface area (Å²) in [7, 11) is 4.19. The quantitative estimate of drug-likeness (QED) is 0.250. The summed E-state index contributed by atoms with van der Waals surface area (Å²) in [6.07, 6.45) is 0.980. The van der Waals surface area contributed by atoms with Crippen molar-refractivity contribution < 1.29 is 4.74 Å². The molecule has 1 aromatic rings. The topological polar surface area (TPSA) is 48.9 Å². The fourth-order valence-electron chi connectivity index (χ4n) is 2.29. The van der Waals surface area contributed by atoms with Gasteiger partial charge in [0, 0.05) is 26.3 Å². The second kappa shape index (κ2) is 14.5. The smallest absolute Gasteiger partial charge is 0.191 e. The van der Waals surface area contributed by atoms with Gasteiger partial charge in [0.1, 0.15) is 0 Å². The molecule has 1 atom stereocenters. The molecule has 0 saturated carbocycles. The maximum atomic E-state index is 5.36. The fraction of sp³-hybridized carbons (Fsp3) is 0.611. The molecule has 0 aliphatic rings. The average Bonchev–Trinajstić information content (AvgIpc) is 2.55. The Morgan fingerprint density at radius 1 is 1.17 bits per heavy atom. The number of ether oxygens (including phenoxy) is 1. The number of hydrogen-bond acceptors (Lipinski definition) is 3. The third-order valence-corrected chi connectivity index (χ3v) is 3.54. The van der Waals surface area contributed by atoms with Crippen molar-refractivity contribution in [3.05, 3.63) is 35.9 Å². The van der Waals surface area contributed by atoms with Crippen molar-refractivity contribution in [3.8, 4) is 0 Å². The van der Waals surface area contributed by atoms with Gasteiger partial charge in [-0.1, -0.05) is 30.3 Å². The molecular weight excluding hydrogens is 415 g/mol. The van der Waals surface area contributed by atoms with Crippen molar-refractivity contribution in [2.45, 2.75) is 26.3 Å². The number of guanidine groups is 1. The van der Waals surface area contributed by atoms with Crippen LogP contribution in [0.1, 0.15) is 31.9 Å². The number of aliphatic imine (C=N–C) groups is 1. The van der Waals surface area contributed by atoms with Gasteiger partial charge >= 0.3 is 0 Å². The van der Waals surface area contributed by atoms with E-state index in [1.807, 2.05) is 13.0 Å². The summed E-state index contributed by atoms with van der Waals surface area (Å²) in [6, 6.07) is 10.8. The lowest BCUT2D eigenvalue weighted by Crippen LogP contribution is -2.38. The molecule has 0 amide bonds. The van der Waals surface area contributed by atoms with Gasteiger partial charge in [-0.05, 0) is 39.9 Å². The van der Waals surface area contributed by atoms with E-state index in [9.17, 15) is 0 Å². The summed E-state index contributed by atoms with van der Waals surface area (Å²) >= 11 is 0. The Morgan fingerprint density at radius 2 is 1.88 bits per heavy atom. The Bertz CT molecular complexity index is 440. The Hall–Kier alpha value is -0.860. The molecule has 1 unspecified atom stereocenters. The minimum Gasteiger partial charge on any atom is -0.382 e. The Morgan fingerprint density at radius 3 is 2.46 bits per heavy atom. The summed E-state index contributed by atoms with van der Waals surface area (Å²) in [5.74, 6) is 0.867. The molecular formula is C18H33IN4O. The maximum absolute atomic E-state index is 5.36. The first kappa shape index (κ1) is 23.1. The number of likely N-dealkylation sites (N-methyl/N-ethyl adjacent to an activating group) is 1. The summed E-state index contributed by atoms with van der Waals surface area (Å²) < 4.78 is 5.36. The van der Waals surface area contributed by atoms with E-state index in [2.05, 4.69) is 60.8 Å². The van der Waals surface area contributed by atoms with E-state index < -0.39 is 0 Å². The van der Waals surface area contributed by atoms with Crippen molar-refractivity contribution in [2.75, 3.05) is 46.9 Å². The van der Waals surface area contributed by atoms with Gasteiger partial charge in [-0.15, -0.1) is 24.0 Å². The lowest BCUT2D eigenvalue weighted by atomic mass is 10.1. The van der Waals surface area contributed by atoms with Crippen molar-refractivity contribution in [1.29, 1.82) is 0 Å². The van der Waals surface area contributed by atoms with Crippen LogP contribution in [0.5, 0.6) is 0 Å². The maximum Gasteiger partial charge on any atom is 0.191 e. The van der Waals surface area contributed by atoms with Crippen LogP contribution in [0.2, 0.25) is 0 Å². The Balaban J connectivity index is 0.00000529. The molecule has 1 rings (SSSR count). The van der Waals surface area contributed by atoms with Crippen LogP contribution in [0.4, 0.5) is 0 Å². The van der Waals surface area contributed by atoms with Crippen molar-refractivity contribution >= 4 is 29.9 Å². The molecule has 0 heterocycles. The Labute approximate surface area is 164 Å². The molecule has 0 spiro atoms. The first-order valence-electron chi connectivity index (χ1n) is 8.50. The molecule has 2 N–H and O–H groups in total. The molecule has 0 aromatic heterocycles. The molecule has 0 radical (unpaired) electrons. The van der Waals surface area contributed by atoms with E-state index in [1.54, 1.807) is 0 Å². The van der Waals surface area contributed by atoms with Crippen LogP contribution in [-0.2, 0) is 4.74 Å². The highest BCUT2D eigenvalue weighted by Gasteiger charge is 2.13. The zero-order valence-electron chi connectivity index (χ0n) is 15.4. The first-order chi connectivity index (χ1) is 11.2. The summed E-state index contributed by atoms with van der Waals surface area (Å²) in [5.41, 5.74) is 1.29. The number of benzene rings is 1. The van der Waals surface area contributed by atoms with Crippen LogP contribution in [0.3, 0.4) is 0 Å². The van der Waals surface area contributed by atoms with E-state index in [0.29, 0.717) is 0 Å². The zero-order chi connectivity index (χ0) is 16.9. The number of nitrogens with one attached hydrogen (secondary N) is 2. The normalized spacial score (nSPS) is 12.6. The van der Waals surface area contributed by atoms with Crippen LogP contribution in [0, 0.1) is 0 Å². The third kappa shape index (κ3) is 9.44. The lowest BCUT2D eigenvalue weighted by Gasteiger charge is -2.23. The number of rotatable bonds is 10. The second-order valence-electron chi connectivity index (χ2n) is 5.59. The highest BCUT2D eigenvalue weighted by Crippen LogP contribution is 2.17. The molecule has 24 heavy (non-hydrogen) atoms. The number of halogens is 1. The van der Waals surface area contributed by atoms with Crippen molar-refractivity contribution in [3.63, 3.8) is 0 Å². The molecule has 1 aromatic carbocycles. The molecule has 0 aliphatic heterocycles. The van der Waals surface area contributed by atoms with Crippen LogP contribution < -0.4 is 10.6 Å². The minimum atomic E-state index is 0. The first-order valence-corrected chi connectivity index (χ1v) is 8.50. The van der Waals surface area contributed by atoms with E-state index >= 15 is 0 Å². The van der Waals surface area contributed by atoms with Crippen molar-refractivity contribution in [1.82, 2.24) is 15.5 Å². The monoisotopic (exact) mass is 448 g/mol. The molecule has 0 fully saturated rings. The highest BCUT2D eigenvalue weighted by atomic mass is 127. The van der Waals surface area contributed by atoms with Gasteiger partial charge in [-0.3, -0.25) is 4.99 Å². The second-order valence-corrected chi connectivity index (χ2v) is 5.59. The average molecular weight is 448 g/mol. The van der Waals surface area contributed by atoms with Gasteiger partial charge in [0.05, 0.1) is 12.6 Å². The van der Waals surface area contributed by atoms with Crippen LogP contribution in [0.25, 0.3) is 0 Å². The van der Waals surface area contributed by atoms with Gasteiger partial charge in [0.25, 0.3) is 0 Å². The molecule has 0 aliphatic carbocycles. The predicted octanol–water partition coefficient (Wildman–Crippen LogP) is 2.89. The van der Waals surface area contributed by atoms with Gasteiger partial charge < -0.3 is 20.3 Å². The molecule has 0 bridgehead atoms. The number of hydrogen-bond donors (Lipinski definition) is 2. The number of nitrogens with zero attached hydrogens (tertiary/aromatic N) is 2. The molecule has 6 heteroatoms. The zero-order valence-corrected chi connectivity index (χ0v) is 17.7. The van der Waals surface area contributed by atoms with E-state index in [-0.39, 0.29) is 30.0 Å². The largest absolute Gasteiger partial charge is 0.382 e. The molecule has 0 saturated heterocycles. The van der Waals surface area contributed by atoms with E-state index in [1.165, 1.54) is 5.56 Å². The summed E-state index contributed by atoms with van der Waals surface area (Å²) in [6.45, 7) is 8.10. The predicted molar refractivity (Wildman–Crippen MR) is 113 cm³/mol. The molecule has 5 nitrogen and oxygen atoms in total. The van der Waals surface area contributed by atoms with E-state index in [0.717, 1.165) is 45.2 Å². The van der Waals surface area contributed by atoms with Gasteiger partial charge in [-0.2, -0.15) is 0 Å². The summed E-state index contributed by atoms with van der Waals surface area (Å²) in [4.78, 5) is 6.95. The van der Waals surface area contributed by atoms with Crippen LogP contribution >= 0.6 is 24.0 Å². The SMILES string of the molecule is CCNC(=NCC(c1ccccc1)N(C)C)NCCCOCC.I. The van der Waals surface area contributed by atoms with E-state index in [4.69, 9.17) is 9.73 Å². The minimum absolute atomic E-state index is 0. The lowest BCUT2D eigenvalue weighted by molar-refractivity contribution is 0.145. The standard InChI is InChI=1S/C18H32N4O.HI/c1-5-19-18(20-13-10-14-23-6-2)21-15-17(22(3)4)16-11-8-7-9-12-16;/h7-9,11-12,17H,5-6,10,13-15H2,1-4H3,(H2,19,20,21);1H. The summed E-state index contributed by atoms with van der Waals surface area (Å²) in [5, 5.41) is 6.66. The van der Waals surface area contributed by atoms with Crippen LogP contribution in [-0.4, -0.2) is 57.8 Å². The molecule has 138 valence electrons. The van der Waals surface area contributed by atoms with Crippen molar-refractivity contribution in [2.24, 2.45) is 4.99 Å². The third-order valence-electron chi connectivity index (χ3n) is 3.54. The highest BCUT2D eigenvalue weighted by molar-refractivity contribution is 14.0. The van der Waals surface area contributed by atoms with Gasteiger partial charge in [0.2, 0.25) is 0 Å². The van der Waals surface area contributed by atoms with Crippen LogP contribution in [0.15, 0.2) is 35.3 Å². The fourth-order valence-corrected chi connectivity index (χ4v) is 2.29. The Kier molecular flexibility index (Phi) is 14.0.